The zero-order valence-electron chi connectivity index (χ0n) is 25.3. The molecule has 0 saturated carbocycles. The highest BCUT2D eigenvalue weighted by Gasteiger charge is 2.42. The predicted molar refractivity (Wildman–Crippen MR) is 157 cm³/mol. The van der Waals surface area contributed by atoms with Crippen molar-refractivity contribution in [2.24, 2.45) is 0 Å². The molecule has 236 valence electrons. The van der Waals surface area contributed by atoms with Crippen molar-refractivity contribution in [3.8, 4) is 28.1 Å². The number of hydrogen-bond acceptors (Lipinski definition) is 8. The van der Waals surface area contributed by atoms with Crippen molar-refractivity contribution in [1.82, 2.24) is 19.9 Å². The van der Waals surface area contributed by atoms with Gasteiger partial charge in [0.05, 0.1) is 50.3 Å². The smallest absolute Gasteiger partial charge is 0.416 e. The van der Waals surface area contributed by atoms with Gasteiger partial charge in [-0.2, -0.15) is 13.2 Å². The van der Waals surface area contributed by atoms with E-state index in [9.17, 15) is 22.4 Å². The Hall–Kier alpha value is -4.68. The summed E-state index contributed by atoms with van der Waals surface area (Å²) in [4.78, 5) is 30.1. The lowest BCUT2D eigenvalue weighted by atomic mass is 9.97. The quantitative estimate of drug-likeness (QED) is 0.203. The van der Waals surface area contributed by atoms with E-state index in [0.717, 1.165) is 28.8 Å². The molecule has 0 unspecified atom stereocenters. The zero-order valence-corrected chi connectivity index (χ0v) is 25.3. The van der Waals surface area contributed by atoms with Crippen molar-refractivity contribution in [3.63, 3.8) is 0 Å². The van der Waals surface area contributed by atoms with Crippen molar-refractivity contribution < 1.29 is 36.2 Å². The minimum Gasteiger partial charge on any atom is -0.481 e. The molecule has 6 rings (SSSR count). The number of furan rings is 1. The zero-order chi connectivity index (χ0) is 32.2. The fourth-order valence-corrected chi connectivity index (χ4v) is 5.90. The lowest BCUT2D eigenvalue weighted by molar-refractivity contribution is -0.137. The second kappa shape index (κ2) is 11.4. The van der Waals surface area contributed by atoms with Crippen molar-refractivity contribution in [1.29, 1.82) is 0 Å². The van der Waals surface area contributed by atoms with Crippen LogP contribution in [0.25, 0.3) is 22.3 Å². The summed E-state index contributed by atoms with van der Waals surface area (Å²) in [7, 11) is 1.48. The normalized spacial score (nSPS) is 18.7. The number of benzene rings is 1. The maximum Gasteiger partial charge on any atom is 0.416 e. The van der Waals surface area contributed by atoms with E-state index in [1.807, 2.05) is 19.9 Å². The van der Waals surface area contributed by atoms with Gasteiger partial charge in [0.25, 0.3) is 0 Å². The number of cyclic esters (lactones) is 1. The largest absolute Gasteiger partial charge is 0.481 e. The van der Waals surface area contributed by atoms with Gasteiger partial charge in [-0.25, -0.2) is 24.1 Å². The topological polar surface area (TPSA) is 93.8 Å². The molecule has 45 heavy (non-hydrogen) atoms. The highest BCUT2D eigenvalue weighted by atomic mass is 19.4. The van der Waals surface area contributed by atoms with Crippen LogP contribution < -0.4 is 9.64 Å². The van der Waals surface area contributed by atoms with E-state index in [2.05, 4.69) is 9.97 Å². The number of aromatic nitrogens is 3. The molecule has 5 heterocycles. The van der Waals surface area contributed by atoms with Crippen LogP contribution in [0, 0.1) is 20.8 Å². The van der Waals surface area contributed by atoms with Crippen LogP contribution in [0.5, 0.6) is 5.88 Å². The number of amides is 1. The first-order valence-electron chi connectivity index (χ1n) is 14.3. The van der Waals surface area contributed by atoms with Crippen molar-refractivity contribution in [3.05, 3.63) is 76.6 Å². The number of halogens is 4. The maximum absolute atomic E-state index is 13.7. The molecular formula is C32H31F4N5O4. The fourth-order valence-electron chi connectivity index (χ4n) is 5.90. The van der Waals surface area contributed by atoms with Gasteiger partial charge >= 0.3 is 12.3 Å². The number of aryl methyl sites for hydroxylation is 3. The third-order valence-electron chi connectivity index (χ3n) is 8.22. The molecule has 13 heteroatoms. The summed E-state index contributed by atoms with van der Waals surface area (Å²) in [6.07, 6.45) is -2.28. The molecule has 2 fully saturated rings. The first kappa shape index (κ1) is 30.4. The molecule has 0 bridgehead atoms. The Bertz CT molecular complexity index is 1750. The Kier molecular flexibility index (Phi) is 7.66. The van der Waals surface area contributed by atoms with Crippen LogP contribution in [0.3, 0.4) is 0 Å². The van der Waals surface area contributed by atoms with E-state index in [4.69, 9.17) is 18.9 Å². The molecule has 2 aliphatic rings. The first-order chi connectivity index (χ1) is 21.3. The van der Waals surface area contributed by atoms with Crippen LogP contribution >= 0.6 is 0 Å². The molecule has 1 aromatic carbocycles. The van der Waals surface area contributed by atoms with Crippen LogP contribution in [-0.4, -0.2) is 58.4 Å². The van der Waals surface area contributed by atoms with Gasteiger partial charge in [0, 0.05) is 34.6 Å². The van der Waals surface area contributed by atoms with Gasteiger partial charge in [0.2, 0.25) is 11.8 Å². The second-order valence-electron chi connectivity index (χ2n) is 11.5. The van der Waals surface area contributed by atoms with Crippen LogP contribution in [-0.2, 0) is 17.5 Å². The number of alkyl halides is 4. The van der Waals surface area contributed by atoms with E-state index >= 15 is 0 Å². The summed E-state index contributed by atoms with van der Waals surface area (Å²) in [5.74, 6) is 1.29. The van der Waals surface area contributed by atoms with E-state index in [0.29, 0.717) is 28.1 Å². The number of anilines is 1. The monoisotopic (exact) mass is 625 g/mol. The maximum atomic E-state index is 13.7. The molecule has 2 saturated heterocycles. The lowest BCUT2D eigenvalue weighted by Gasteiger charge is -2.34. The molecule has 3 aromatic heterocycles. The number of pyridine rings is 1. The Morgan fingerprint density at radius 1 is 1.04 bits per heavy atom. The second-order valence-corrected chi connectivity index (χ2v) is 11.5. The number of hydrogen-bond donors (Lipinski definition) is 0. The minimum absolute atomic E-state index is 0.0661. The third kappa shape index (κ3) is 5.67. The van der Waals surface area contributed by atoms with E-state index in [1.54, 1.807) is 43.5 Å². The van der Waals surface area contributed by atoms with Crippen molar-refractivity contribution in [2.45, 2.75) is 58.7 Å². The number of rotatable bonds is 7. The molecule has 1 amide bonds. The average Bonchev–Trinajstić information content (AvgIpc) is 3.46. The Labute approximate surface area is 256 Å². The summed E-state index contributed by atoms with van der Waals surface area (Å²) in [5.41, 5.74) is 3.85. The summed E-state index contributed by atoms with van der Waals surface area (Å²) in [5, 5.41) is 0. The van der Waals surface area contributed by atoms with Crippen LogP contribution in [0.4, 0.5) is 28.3 Å². The van der Waals surface area contributed by atoms with Crippen LogP contribution in [0.1, 0.15) is 46.7 Å². The van der Waals surface area contributed by atoms with Gasteiger partial charge in [0.1, 0.15) is 18.0 Å². The van der Waals surface area contributed by atoms with E-state index in [1.165, 1.54) is 12.0 Å². The number of nitrogens with zero attached hydrogens (tertiary/aromatic N) is 5. The lowest BCUT2D eigenvalue weighted by Crippen LogP contribution is -2.49. The predicted octanol–water partition coefficient (Wildman–Crippen LogP) is 6.99. The van der Waals surface area contributed by atoms with Crippen molar-refractivity contribution in [2.75, 3.05) is 25.1 Å². The van der Waals surface area contributed by atoms with Gasteiger partial charge in [-0.15, -0.1) is 0 Å². The van der Waals surface area contributed by atoms with Crippen LogP contribution in [0.15, 0.2) is 47.3 Å². The van der Waals surface area contributed by atoms with Gasteiger partial charge < -0.3 is 18.8 Å². The van der Waals surface area contributed by atoms with Gasteiger partial charge in [-0.1, -0.05) is 11.6 Å². The number of carbonyl (C=O) groups is 1. The summed E-state index contributed by atoms with van der Waals surface area (Å²) < 4.78 is 71.3. The number of methoxy groups -OCH3 is 1. The first-order valence-corrected chi connectivity index (χ1v) is 14.3. The molecule has 0 radical (unpaired) electrons. The Balaban J connectivity index is 1.40. The molecule has 4 aromatic rings. The van der Waals surface area contributed by atoms with E-state index < -0.39 is 36.2 Å². The highest BCUT2D eigenvalue weighted by molar-refractivity contribution is 5.79. The molecule has 0 spiro atoms. The molecule has 2 aliphatic heterocycles. The number of ether oxygens (including phenoxy) is 2. The Morgan fingerprint density at radius 2 is 1.80 bits per heavy atom. The third-order valence-corrected chi connectivity index (χ3v) is 8.22. The summed E-state index contributed by atoms with van der Waals surface area (Å²) >= 11 is 0. The highest BCUT2D eigenvalue weighted by Crippen LogP contribution is 2.40. The summed E-state index contributed by atoms with van der Waals surface area (Å²) in [6.45, 7) is 7.25. The standard InChI is InChI=1S/C32H31F4N5O4/c1-16-6-20(8-22(7-16)32(34,35)36)28-18(3)41(31(42)45-28)14-26-25(11-38-30(39-26)40-12-23(33)13-40)24-9-21(10-37-29(24)43-5)27-17(2)15-44-19(27)4/h6-11,15,18,23,28H,12-14H2,1-5H3/t18-,28-/m0/s1. The fraction of sp³-hybridized carbons (Fsp3) is 0.375. The molecule has 0 aliphatic carbocycles. The summed E-state index contributed by atoms with van der Waals surface area (Å²) in [6, 6.07) is 4.88. The van der Waals surface area contributed by atoms with Crippen LogP contribution in [0.2, 0.25) is 0 Å². The van der Waals surface area contributed by atoms with E-state index in [-0.39, 0.29) is 37.0 Å². The van der Waals surface area contributed by atoms with Crippen molar-refractivity contribution >= 4 is 12.0 Å². The SMILES string of the molecule is COc1ncc(-c2c(C)coc2C)cc1-c1cnc(N2CC(F)C2)nc1CN1C(=O)O[C@H](c2cc(C)cc(C(F)(F)F)c2)[C@@H]1C. The van der Waals surface area contributed by atoms with Gasteiger partial charge in [0.15, 0.2) is 0 Å². The molecular weight excluding hydrogens is 594 g/mol. The molecule has 2 atom stereocenters. The van der Waals surface area contributed by atoms with Gasteiger partial charge in [-0.05, 0) is 57.0 Å². The average molecular weight is 626 g/mol. The molecule has 9 nitrogen and oxygen atoms in total. The number of carbonyl (C=O) groups excluding carboxylic acids is 1. The van der Waals surface area contributed by atoms with Gasteiger partial charge in [-0.3, -0.25) is 4.90 Å². The minimum atomic E-state index is -4.55. The Morgan fingerprint density at radius 3 is 2.44 bits per heavy atom. The molecule has 0 N–H and O–H groups in total.